The highest BCUT2D eigenvalue weighted by atomic mass is 16.5. The van der Waals surface area contributed by atoms with E-state index in [0.29, 0.717) is 11.4 Å². The molecule has 1 aliphatic heterocycles. The number of aryl methyl sites for hydroxylation is 2. The fourth-order valence-corrected chi connectivity index (χ4v) is 4.50. The molecule has 2 heterocycles. The van der Waals surface area contributed by atoms with Gasteiger partial charge in [-0.3, -0.25) is 5.32 Å². The van der Waals surface area contributed by atoms with Crippen LogP contribution in [0.15, 0.2) is 35.2 Å². The average molecular weight is 427 g/mol. The molecule has 0 spiro atoms. The second kappa shape index (κ2) is 9.11. The van der Waals surface area contributed by atoms with Crippen LogP contribution in [0.5, 0.6) is 0 Å². The van der Waals surface area contributed by atoms with Crippen LogP contribution in [0.3, 0.4) is 0 Å². The Hall–Kier alpha value is -2.84. The minimum Gasteiger partial charge on any atom is -0.481 e. The Morgan fingerprint density at radius 3 is 2.87 bits per heavy atom. The second-order valence-corrected chi connectivity index (χ2v) is 7.82. The molecule has 0 saturated heterocycles. The summed E-state index contributed by atoms with van der Waals surface area (Å²) < 4.78 is 18.2. The molecule has 1 aromatic carbocycles. The zero-order valence-electron chi connectivity index (χ0n) is 18.4. The summed E-state index contributed by atoms with van der Waals surface area (Å²) in [6.45, 7) is 1.61. The zero-order chi connectivity index (χ0) is 21.8. The summed E-state index contributed by atoms with van der Waals surface area (Å²) in [5.41, 5.74) is 4.57. The Labute approximate surface area is 182 Å². The van der Waals surface area contributed by atoms with Gasteiger partial charge in [0.1, 0.15) is 0 Å². The molecule has 0 radical (unpaired) electrons. The predicted molar refractivity (Wildman–Crippen MR) is 119 cm³/mol. The molecule has 1 unspecified atom stereocenters. The van der Waals surface area contributed by atoms with Crippen molar-refractivity contribution in [3.8, 4) is 0 Å². The number of carbonyl (C=O) groups excluding carboxylic acids is 1. The maximum absolute atomic E-state index is 12.0. The summed E-state index contributed by atoms with van der Waals surface area (Å²) in [7, 11) is 4.64. The summed E-state index contributed by atoms with van der Waals surface area (Å²) in [6.07, 6.45) is 8.79. The van der Waals surface area contributed by atoms with Crippen LogP contribution in [0.25, 0.3) is 10.9 Å². The number of carbonyl (C=O) groups is 1. The molecule has 2 N–H and O–H groups in total. The fraction of sp³-hybridized carbons (Fsp3) is 0.478. The van der Waals surface area contributed by atoms with E-state index >= 15 is 0 Å². The van der Waals surface area contributed by atoms with Crippen molar-refractivity contribution in [1.29, 1.82) is 0 Å². The number of rotatable bonds is 8. The topological polar surface area (TPSA) is 86.1 Å². The van der Waals surface area contributed by atoms with Gasteiger partial charge >= 0.3 is 5.97 Å². The molecule has 2 aliphatic rings. The third-order valence-corrected chi connectivity index (χ3v) is 6.07. The smallest absolute Gasteiger partial charge is 0.337 e. The van der Waals surface area contributed by atoms with Gasteiger partial charge in [-0.25, -0.2) is 9.79 Å². The van der Waals surface area contributed by atoms with Crippen molar-refractivity contribution in [2.24, 2.45) is 4.99 Å². The van der Waals surface area contributed by atoms with E-state index < -0.39 is 5.85 Å². The molecule has 0 bridgehead atoms. The second-order valence-electron chi connectivity index (χ2n) is 7.82. The van der Waals surface area contributed by atoms with Gasteiger partial charge in [0.15, 0.2) is 0 Å². The molecule has 1 aromatic heterocycles. The third kappa shape index (κ3) is 4.18. The largest absolute Gasteiger partial charge is 0.481 e. The SMILES string of the molecule is COC(=O)c1ccc2c(c1)c1c(n2CCCNC2(OC)C=C(OC)N=CN2)CCCC1. The van der Waals surface area contributed by atoms with Crippen LogP contribution in [0, 0.1) is 0 Å². The van der Waals surface area contributed by atoms with Crippen molar-refractivity contribution in [3.05, 3.63) is 47.0 Å². The number of benzene rings is 1. The van der Waals surface area contributed by atoms with Crippen molar-refractivity contribution in [2.75, 3.05) is 27.9 Å². The standard InChI is InChI=1S/C23H30N4O4/c1-29-21-14-23(31-3,26-15-24-21)25-11-6-12-27-19-8-5-4-7-17(19)18-13-16(22(28)30-2)9-10-20(18)27/h9-10,13-15,25H,4-8,11-12H2,1-3H3,(H,24,26). The molecule has 166 valence electrons. The van der Waals surface area contributed by atoms with Gasteiger partial charge in [0.2, 0.25) is 11.7 Å². The van der Waals surface area contributed by atoms with Crippen molar-refractivity contribution in [2.45, 2.75) is 44.5 Å². The number of nitrogens with zero attached hydrogens (tertiary/aromatic N) is 2. The molecule has 8 heteroatoms. The molecule has 2 aromatic rings. The first-order valence-corrected chi connectivity index (χ1v) is 10.7. The lowest BCUT2D eigenvalue weighted by atomic mass is 9.95. The number of methoxy groups -OCH3 is 3. The van der Waals surface area contributed by atoms with Crippen molar-refractivity contribution in [1.82, 2.24) is 15.2 Å². The van der Waals surface area contributed by atoms with E-state index in [1.165, 1.54) is 42.1 Å². The highest BCUT2D eigenvalue weighted by Crippen LogP contribution is 2.33. The van der Waals surface area contributed by atoms with Gasteiger partial charge in [0, 0.05) is 42.9 Å². The normalized spacial score (nSPS) is 20.2. The number of nitrogens with one attached hydrogen (secondary N) is 2. The van der Waals surface area contributed by atoms with Crippen molar-refractivity contribution in [3.63, 3.8) is 0 Å². The Morgan fingerprint density at radius 2 is 2.10 bits per heavy atom. The molecule has 8 nitrogen and oxygen atoms in total. The Morgan fingerprint density at radius 1 is 1.26 bits per heavy atom. The number of ether oxygens (including phenoxy) is 3. The highest BCUT2D eigenvalue weighted by molar-refractivity contribution is 5.96. The van der Waals surface area contributed by atoms with Gasteiger partial charge in [0.25, 0.3) is 0 Å². The summed E-state index contributed by atoms with van der Waals surface area (Å²) in [6, 6.07) is 5.90. The van der Waals surface area contributed by atoms with E-state index in [9.17, 15) is 4.79 Å². The highest BCUT2D eigenvalue weighted by Gasteiger charge is 2.29. The van der Waals surface area contributed by atoms with E-state index in [1.807, 2.05) is 12.1 Å². The molecular weight excluding hydrogens is 396 g/mol. The van der Waals surface area contributed by atoms with Crippen LogP contribution >= 0.6 is 0 Å². The van der Waals surface area contributed by atoms with Crippen LogP contribution in [0.4, 0.5) is 0 Å². The van der Waals surface area contributed by atoms with Gasteiger partial charge in [-0.15, -0.1) is 0 Å². The van der Waals surface area contributed by atoms with Gasteiger partial charge < -0.3 is 24.1 Å². The Kier molecular flexibility index (Phi) is 6.29. The van der Waals surface area contributed by atoms with E-state index in [1.54, 1.807) is 26.6 Å². The lowest BCUT2D eigenvalue weighted by Gasteiger charge is -2.32. The van der Waals surface area contributed by atoms with Crippen LogP contribution in [0.2, 0.25) is 0 Å². The van der Waals surface area contributed by atoms with Crippen LogP contribution < -0.4 is 10.6 Å². The lowest BCUT2D eigenvalue weighted by molar-refractivity contribution is -0.0142. The summed E-state index contributed by atoms with van der Waals surface area (Å²) in [5.74, 6) is -0.624. The first kappa shape index (κ1) is 21.4. The predicted octanol–water partition coefficient (Wildman–Crippen LogP) is 2.71. The fourth-order valence-electron chi connectivity index (χ4n) is 4.50. The maximum Gasteiger partial charge on any atom is 0.337 e. The van der Waals surface area contributed by atoms with E-state index in [0.717, 1.165) is 32.4 Å². The zero-order valence-corrected chi connectivity index (χ0v) is 18.4. The maximum atomic E-state index is 12.0. The molecule has 4 rings (SSSR count). The molecule has 1 atom stereocenters. The van der Waals surface area contributed by atoms with Crippen LogP contribution in [-0.2, 0) is 33.6 Å². The number of aromatic nitrogens is 1. The van der Waals surface area contributed by atoms with E-state index in [4.69, 9.17) is 14.2 Å². The summed E-state index contributed by atoms with van der Waals surface area (Å²) in [4.78, 5) is 16.1. The van der Waals surface area contributed by atoms with E-state index in [-0.39, 0.29) is 5.97 Å². The van der Waals surface area contributed by atoms with Crippen LogP contribution in [0.1, 0.15) is 40.9 Å². The first-order chi connectivity index (χ1) is 15.1. The van der Waals surface area contributed by atoms with Gasteiger partial charge in [-0.05, 0) is 55.9 Å². The molecular formula is C23H30N4O4. The summed E-state index contributed by atoms with van der Waals surface area (Å²) >= 11 is 0. The molecule has 0 saturated carbocycles. The third-order valence-electron chi connectivity index (χ3n) is 6.07. The molecule has 31 heavy (non-hydrogen) atoms. The Bertz CT molecular complexity index is 1030. The van der Waals surface area contributed by atoms with Gasteiger partial charge in [0.05, 0.1) is 26.1 Å². The Balaban J connectivity index is 1.51. The lowest BCUT2D eigenvalue weighted by Crippen LogP contribution is -2.58. The number of esters is 1. The van der Waals surface area contributed by atoms with Gasteiger partial charge in [-0.2, -0.15) is 0 Å². The number of fused-ring (bicyclic) bond motifs is 3. The summed E-state index contributed by atoms with van der Waals surface area (Å²) in [5, 5.41) is 7.70. The van der Waals surface area contributed by atoms with Crippen molar-refractivity contribution < 1.29 is 19.0 Å². The van der Waals surface area contributed by atoms with Crippen LogP contribution in [-0.4, -0.2) is 50.6 Å². The van der Waals surface area contributed by atoms with Gasteiger partial charge in [-0.1, -0.05) is 0 Å². The molecule has 0 fully saturated rings. The minimum atomic E-state index is -0.833. The number of aliphatic imine (C=N–C) groups is 1. The first-order valence-electron chi connectivity index (χ1n) is 10.7. The average Bonchev–Trinajstić information content (AvgIpc) is 3.14. The van der Waals surface area contributed by atoms with E-state index in [2.05, 4.69) is 26.3 Å². The monoisotopic (exact) mass is 426 g/mol. The molecule has 0 amide bonds. The molecule has 1 aliphatic carbocycles. The minimum absolute atomic E-state index is 0.291. The van der Waals surface area contributed by atoms with Crippen molar-refractivity contribution >= 4 is 23.2 Å². The number of hydrogen-bond donors (Lipinski definition) is 2. The quantitative estimate of drug-likeness (QED) is 0.384. The number of hydrogen-bond acceptors (Lipinski definition) is 7.